The summed E-state index contributed by atoms with van der Waals surface area (Å²) in [6.45, 7) is 0.866. The third-order valence-corrected chi connectivity index (χ3v) is 7.01. The van der Waals surface area contributed by atoms with Crippen LogP contribution >= 0.6 is 12.6 Å². The Kier molecular flexibility index (Phi) is 18.9. The Morgan fingerprint density at radius 3 is 1.98 bits per heavy atom. The van der Waals surface area contributed by atoms with E-state index in [1.165, 1.54) is 6.92 Å². The van der Waals surface area contributed by atoms with Crippen molar-refractivity contribution >= 4 is 60.0 Å². The van der Waals surface area contributed by atoms with Crippen molar-refractivity contribution in [2.75, 3.05) is 31.9 Å². The van der Waals surface area contributed by atoms with Crippen LogP contribution in [0.4, 0.5) is 0 Å². The number of nitrogens with zero attached hydrogens (tertiary/aromatic N) is 1. The monoisotopic (exact) mass is 682 g/mol. The average Bonchev–Trinajstić information content (AvgIpc) is 3.57. The zero-order chi connectivity index (χ0) is 35.4. The van der Waals surface area contributed by atoms with Crippen LogP contribution in [-0.4, -0.2) is 109 Å². The molecule has 19 heteroatoms. The molecule has 47 heavy (non-hydrogen) atoms. The van der Waals surface area contributed by atoms with Crippen molar-refractivity contribution in [3.8, 4) is 0 Å². The molecule has 0 aliphatic heterocycles. The van der Waals surface area contributed by atoms with Gasteiger partial charge < -0.3 is 54.2 Å². The van der Waals surface area contributed by atoms with Gasteiger partial charge in [-0.1, -0.05) is 24.3 Å². The van der Waals surface area contributed by atoms with Gasteiger partial charge in [-0.05, 0) is 45.6 Å². The van der Waals surface area contributed by atoms with Crippen LogP contribution in [0, 0.1) is 5.92 Å². The molecule has 1 aliphatic rings. The molecule has 0 heterocycles. The number of aliphatic imine (C=N–C) groups is 1. The van der Waals surface area contributed by atoms with Crippen molar-refractivity contribution in [3.05, 3.63) is 24.3 Å². The maximum atomic E-state index is 13.4. The molecule has 1 aliphatic carbocycles. The minimum absolute atomic E-state index is 0.0840. The molecular weight excluding hydrogens is 636 g/mol. The van der Waals surface area contributed by atoms with E-state index in [4.69, 9.17) is 22.3 Å². The van der Waals surface area contributed by atoms with Crippen molar-refractivity contribution in [2.24, 2.45) is 28.1 Å². The summed E-state index contributed by atoms with van der Waals surface area (Å²) in [5.74, 6) is -6.07. The Morgan fingerprint density at radius 2 is 1.38 bits per heavy atom. The highest BCUT2D eigenvalue weighted by molar-refractivity contribution is 7.80. The molecule has 0 saturated heterocycles. The van der Waals surface area contributed by atoms with Crippen LogP contribution in [0.15, 0.2) is 29.3 Å². The number of unbranched alkanes of at least 4 members (excludes halogenated alkanes) is 1. The number of rotatable bonds is 22. The van der Waals surface area contributed by atoms with Crippen molar-refractivity contribution in [1.29, 1.82) is 0 Å². The maximum absolute atomic E-state index is 13.4. The summed E-state index contributed by atoms with van der Waals surface area (Å²) >= 11 is 3.84. The molecule has 0 unspecified atom stereocenters. The number of thiol groups is 1. The number of carboxylic acids is 1. The number of nitrogens with one attached hydrogen (secondary N) is 6. The average molecular weight is 683 g/mol. The number of guanidine groups is 1. The minimum atomic E-state index is -1.29. The second-order valence-corrected chi connectivity index (χ2v) is 10.9. The summed E-state index contributed by atoms with van der Waals surface area (Å²) < 4.78 is 0. The number of carboxylic acid groups (broad SMARTS) is 1. The summed E-state index contributed by atoms with van der Waals surface area (Å²) in [6, 6.07) is -4.49. The van der Waals surface area contributed by atoms with Gasteiger partial charge in [0.15, 0.2) is 5.96 Å². The lowest BCUT2D eigenvalue weighted by atomic mass is 10.1. The Morgan fingerprint density at radius 1 is 0.787 bits per heavy atom. The third kappa shape index (κ3) is 16.5. The molecule has 0 bridgehead atoms. The molecule has 0 aromatic carbocycles. The lowest BCUT2D eigenvalue weighted by Crippen LogP contribution is -2.57. The van der Waals surface area contributed by atoms with Crippen LogP contribution < -0.4 is 49.1 Å². The second kappa shape index (κ2) is 22.0. The number of carbonyl (C=O) groups excluding carboxylic acids is 6. The normalized spacial score (nSPS) is 14.5. The van der Waals surface area contributed by atoms with Crippen LogP contribution in [-0.2, 0) is 33.6 Å². The van der Waals surface area contributed by atoms with Crippen molar-refractivity contribution in [3.63, 3.8) is 0 Å². The van der Waals surface area contributed by atoms with E-state index in [9.17, 15) is 33.6 Å². The SMILES string of the molecule is C[C@H](NC(=O)C1C=CC=C1)C(=O)N[C@@H](CCCN=C(N)N)C(=O)N[C@H](CCCCN)C(=O)NCC(=O)NCC(=O)N[C@@H](CS)C(=O)O. The smallest absolute Gasteiger partial charge is 0.327 e. The van der Waals surface area contributed by atoms with Crippen molar-refractivity contribution < 1.29 is 38.7 Å². The summed E-state index contributed by atoms with van der Waals surface area (Å²) in [5.41, 5.74) is 16.3. The van der Waals surface area contributed by atoms with E-state index in [0.29, 0.717) is 19.4 Å². The van der Waals surface area contributed by atoms with Crippen LogP contribution in [0.3, 0.4) is 0 Å². The first-order valence-electron chi connectivity index (χ1n) is 15.0. The maximum Gasteiger partial charge on any atom is 0.327 e. The lowest BCUT2D eigenvalue weighted by Gasteiger charge is -2.24. The molecule has 1 rings (SSSR count). The first kappa shape index (κ1) is 40.4. The Hall–Kier alpha value is -4.65. The molecule has 4 atom stereocenters. The molecule has 6 amide bonds. The highest BCUT2D eigenvalue weighted by Crippen LogP contribution is 2.09. The molecular formula is C28H46N10O8S. The molecule has 262 valence electrons. The van der Waals surface area contributed by atoms with Gasteiger partial charge in [-0.2, -0.15) is 12.6 Å². The van der Waals surface area contributed by atoms with Crippen LogP contribution in [0.25, 0.3) is 0 Å². The highest BCUT2D eigenvalue weighted by Gasteiger charge is 2.29. The number of hydrogen-bond donors (Lipinski definition) is 11. The number of aliphatic carboxylic acids is 1. The lowest BCUT2D eigenvalue weighted by molar-refractivity contribution is -0.141. The number of carbonyl (C=O) groups is 7. The summed E-state index contributed by atoms with van der Waals surface area (Å²) in [4.78, 5) is 90.9. The Bertz CT molecular complexity index is 1200. The van der Waals surface area contributed by atoms with E-state index in [0.717, 1.165) is 0 Å². The Balaban J connectivity index is 2.87. The zero-order valence-corrected chi connectivity index (χ0v) is 27.1. The zero-order valence-electron chi connectivity index (χ0n) is 26.2. The van der Waals surface area contributed by atoms with Crippen molar-refractivity contribution in [1.82, 2.24) is 31.9 Å². The number of amides is 6. The fraction of sp³-hybridized carbons (Fsp3) is 0.571. The molecule has 0 fully saturated rings. The predicted molar refractivity (Wildman–Crippen MR) is 175 cm³/mol. The first-order chi connectivity index (χ1) is 22.3. The van der Waals surface area contributed by atoms with Gasteiger partial charge in [0.1, 0.15) is 24.2 Å². The second-order valence-electron chi connectivity index (χ2n) is 10.5. The van der Waals surface area contributed by atoms with Gasteiger partial charge in [0.05, 0.1) is 19.0 Å². The predicted octanol–water partition coefficient (Wildman–Crippen LogP) is -3.88. The van der Waals surface area contributed by atoms with E-state index < -0.39 is 84.6 Å². The first-order valence-corrected chi connectivity index (χ1v) is 15.6. The van der Waals surface area contributed by atoms with Gasteiger partial charge >= 0.3 is 5.97 Å². The van der Waals surface area contributed by atoms with Crippen LogP contribution in [0.1, 0.15) is 39.0 Å². The number of hydrogen-bond acceptors (Lipinski definition) is 10. The quantitative estimate of drug-likeness (QED) is 0.0227. The fourth-order valence-corrected chi connectivity index (χ4v) is 4.30. The van der Waals surface area contributed by atoms with E-state index in [1.54, 1.807) is 24.3 Å². The van der Waals surface area contributed by atoms with E-state index in [-0.39, 0.29) is 37.5 Å². The van der Waals surface area contributed by atoms with Gasteiger partial charge in [-0.25, -0.2) is 4.79 Å². The van der Waals surface area contributed by atoms with Crippen molar-refractivity contribution in [2.45, 2.75) is 63.2 Å². The van der Waals surface area contributed by atoms with Crippen LogP contribution in [0.5, 0.6) is 0 Å². The standard InChI is InChI=1S/C28H46N10O8S/c1-16(35-24(42)17-7-2-3-8-17)23(41)37-19(10-6-12-32-28(30)31)26(44)38-18(9-4-5-11-29)25(43)34-13-21(39)33-14-22(40)36-20(15-47)27(45)46/h2-3,7-8,16-20,47H,4-6,9-15,29H2,1H3,(H,33,39)(H,34,43)(H,35,42)(H,36,40)(H,37,41)(H,38,44)(H,45,46)(H4,30,31,32)/t16-,18+,19-,20-/m0/s1. The van der Waals surface area contributed by atoms with E-state index in [1.807, 2.05) is 0 Å². The van der Waals surface area contributed by atoms with Gasteiger partial charge in [0.2, 0.25) is 35.4 Å². The molecule has 13 N–H and O–H groups in total. The Labute approximate surface area is 278 Å². The summed E-state index contributed by atoms with van der Waals surface area (Å²) in [5, 5.41) is 23.6. The van der Waals surface area contributed by atoms with Gasteiger partial charge in [-0.15, -0.1) is 0 Å². The number of allylic oxidation sites excluding steroid dienone is 2. The fourth-order valence-electron chi connectivity index (χ4n) is 4.05. The molecule has 0 saturated carbocycles. The van der Waals surface area contributed by atoms with Crippen LogP contribution in [0.2, 0.25) is 0 Å². The van der Waals surface area contributed by atoms with E-state index >= 15 is 0 Å². The van der Waals surface area contributed by atoms with Gasteiger partial charge in [0.25, 0.3) is 0 Å². The molecule has 0 spiro atoms. The number of nitrogens with two attached hydrogens (primary N) is 3. The summed E-state index contributed by atoms with van der Waals surface area (Å²) in [6.07, 6.45) is 8.26. The molecule has 0 radical (unpaired) electrons. The molecule has 0 aromatic heterocycles. The van der Waals surface area contributed by atoms with Gasteiger partial charge in [0, 0.05) is 12.3 Å². The highest BCUT2D eigenvalue weighted by atomic mass is 32.1. The topological polar surface area (TPSA) is 302 Å². The van der Waals surface area contributed by atoms with E-state index in [2.05, 4.69) is 49.5 Å². The third-order valence-electron chi connectivity index (χ3n) is 6.65. The molecule has 0 aromatic rings. The minimum Gasteiger partial charge on any atom is -0.480 e. The van der Waals surface area contributed by atoms with Gasteiger partial charge in [-0.3, -0.25) is 33.8 Å². The summed E-state index contributed by atoms with van der Waals surface area (Å²) in [7, 11) is 0. The largest absolute Gasteiger partial charge is 0.480 e. The molecule has 18 nitrogen and oxygen atoms in total.